The summed E-state index contributed by atoms with van der Waals surface area (Å²) in [6.45, 7) is 3.23. The van der Waals surface area contributed by atoms with E-state index in [1.165, 1.54) is 5.56 Å². The zero-order chi connectivity index (χ0) is 14.4. The van der Waals surface area contributed by atoms with Crippen LogP contribution >= 0.6 is 0 Å². The fraction of sp³-hybridized carbons (Fsp3) is 0.500. The van der Waals surface area contributed by atoms with Gasteiger partial charge in [-0.05, 0) is 18.4 Å². The van der Waals surface area contributed by atoms with Gasteiger partial charge in [0.1, 0.15) is 6.04 Å². The Balaban J connectivity index is 1.98. The number of carbonyl (C=O) groups is 2. The molecular weight excluding hydrogens is 252 g/mol. The molecule has 1 fully saturated rings. The number of carbonyl (C=O) groups excluding carboxylic acids is 2. The molecule has 1 aromatic carbocycles. The Kier molecular flexibility index (Phi) is 5.16. The van der Waals surface area contributed by atoms with Crippen LogP contribution in [0, 0.1) is 0 Å². The molecule has 1 unspecified atom stereocenters. The SMILES string of the molecule is CCCC1NC(=O)CCN(CCc2ccccc2)C1=O. The van der Waals surface area contributed by atoms with E-state index in [0.717, 1.165) is 12.8 Å². The molecule has 1 N–H and O–H groups in total. The Labute approximate surface area is 120 Å². The maximum atomic E-state index is 12.4. The summed E-state index contributed by atoms with van der Waals surface area (Å²) in [5.74, 6) is 0.0487. The Morgan fingerprint density at radius 3 is 2.70 bits per heavy atom. The molecule has 1 saturated heterocycles. The van der Waals surface area contributed by atoms with E-state index in [1.54, 1.807) is 0 Å². The third-order valence-electron chi connectivity index (χ3n) is 3.64. The maximum absolute atomic E-state index is 12.4. The fourth-order valence-electron chi connectivity index (χ4n) is 2.51. The van der Waals surface area contributed by atoms with Crippen molar-refractivity contribution in [1.82, 2.24) is 10.2 Å². The summed E-state index contributed by atoms with van der Waals surface area (Å²) < 4.78 is 0. The fourth-order valence-corrected chi connectivity index (χ4v) is 2.51. The molecule has 4 nitrogen and oxygen atoms in total. The second-order valence-corrected chi connectivity index (χ2v) is 5.22. The predicted molar refractivity (Wildman–Crippen MR) is 78.2 cm³/mol. The van der Waals surface area contributed by atoms with Crippen molar-refractivity contribution in [3.63, 3.8) is 0 Å². The number of nitrogens with zero attached hydrogens (tertiary/aromatic N) is 1. The van der Waals surface area contributed by atoms with Gasteiger partial charge in [-0.1, -0.05) is 43.7 Å². The van der Waals surface area contributed by atoms with Crippen LogP contribution in [0.25, 0.3) is 0 Å². The van der Waals surface area contributed by atoms with Crippen LogP contribution in [0.3, 0.4) is 0 Å². The average Bonchev–Trinajstić information content (AvgIpc) is 2.59. The second kappa shape index (κ2) is 7.08. The van der Waals surface area contributed by atoms with Crippen LogP contribution in [0.15, 0.2) is 30.3 Å². The summed E-state index contributed by atoms with van der Waals surface area (Å²) in [7, 11) is 0. The highest BCUT2D eigenvalue weighted by Crippen LogP contribution is 2.10. The van der Waals surface area contributed by atoms with Crippen LogP contribution in [0.2, 0.25) is 0 Å². The van der Waals surface area contributed by atoms with E-state index in [0.29, 0.717) is 25.9 Å². The molecule has 108 valence electrons. The molecule has 1 aromatic rings. The monoisotopic (exact) mass is 274 g/mol. The Hall–Kier alpha value is -1.84. The topological polar surface area (TPSA) is 49.4 Å². The lowest BCUT2D eigenvalue weighted by molar-refractivity contribution is -0.133. The molecule has 4 heteroatoms. The van der Waals surface area contributed by atoms with Crippen LogP contribution in [-0.4, -0.2) is 35.8 Å². The van der Waals surface area contributed by atoms with E-state index in [2.05, 4.69) is 17.4 Å². The first-order valence-corrected chi connectivity index (χ1v) is 7.32. The lowest BCUT2D eigenvalue weighted by Gasteiger charge is -2.23. The van der Waals surface area contributed by atoms with Crippen molar-refractivity contribution in [2.24, 2.45) is 0 Å². The molecule has 0 bridgehead atoms. The van der Waals surface area contributed by atoms with E-state index in [9.17, 15) is 9.59 Å². The van der Waals surface area contributed by atoms with E-state index < -0.39 is 0 Å². The highest BCUT2D eigenvalue weighted by Gasteiger charge is 2.28. The van der Waals surface area contributed by atoms with Gasteiger partial charge in [-0.2, -0.15) is 0 Å². The van der Waals surface area contributed by atoms with Gasteiger partial charge in [0.05, 0.1) is 0 Å². The highest BCUT2D eigenvalue weighted by molar-refractivity contribution is 5.89. The predicted octanol–water partition coefficient (Wildman–Crippen LogP) is 1.75. The molecule has 2 amide bonds. The molecule has 0 radical (unpaired) electrons. The van der Waals surface area contributed by atoms with Gasteiger partial charge < -0.3 is 10.2 Å². The molecule has 0 aromatic heterocycles. The molecule has 0 aliphatic carbocycles. The third-order valence-corrected chi connectivity index (χ3v) is 3.64. The van der Waals surface area contributed by atoms with Crippen molar-refractivity contribution in [2.45, 2.75) is 38.6 Å². The number of amides is 2. The molecule has 1 aliphatic heterocycles. The number of hydrogen-bond donors (Lipinski definition) is 1. The molecule has 0 spiro atoms. The Morgan fingerprint density at radius 1 is 1.25 bits per heavy atom. The van der Waals surface area contributed by atoms with Crippen molar-refractivity contribution < 1.29 is 9.59 Å². The Morgan fingerprint density at radius 2 is 2.00 bits per heavy atom. The van der Waals surface area contributed by atoms with Gasteiger partial charge >= 0.3 is 0 Å². The molecule has 1 heterocycles. The van der Waals surface area contributed by atoms with Gasteiger partial charge in [0.2, 0.25) is 11.8 Å². The standard InChI is InChI=1S/C16H22N2O2/c1-2-6-14-16(20)18(12-10-15(19)17-14)11-9-13-7-4-3-5-8-13/h3-5,7-8,14H,2,6,9-12H2,1H3,(H,17,19). The highest BCUT2D eigenvalue weighted by atomic mass is 16.2. The maximum Gasteiger partial charge on any atom is 0.245 e. The largest absolute Gasteiger partial charge is 0.344 e. The second-order valence-electron chi connectivity index (χ2n) is 5.22. The summed E-state index contributed by atoms with van der Waals surface area (Å²) in [6.07, 6.45) is 2.84. The van der Waals surface area contributed by atoms with Gasteiger partial charge in [0, 0.05) is 19.5 Å². The summed E-state index contributed by atoms with van der Waals surface area (Å²) in [6, 6.07) is 9.78. The van der Waals surface area contributed by atoms with E-state index in [-0.39, 0.29) is 17.9 Å². The van der Waals surface area contributed by atoms with Crippen LogP contribution in [0.4, 0.5) is 0 Å². The number of nitrogens with one attached hydrogen (secondary N) is 1. The molecular formula is C16H22N2O2. The molecule has 1 aliphatic rings. The molecule has 0 saturated carbocycles. The molecule has 2 rings (SSSR count). The van der Waals surface area contributed by atoms with Crippen molar-refractivity contribution in [1.29, 1.82) is 0 Å². The molecule has 1 atom stereocenters. The zero-order valence-corrected chi connectivity index (χ0v) is 12.0. The van der Waals surface area contributed by atoms with Crippen molar-refractivity contribution >= 4 is 11.8 Å². The van der Waals surface area contributed by atoms with Crippen molar-refractivity contribution in [3.8, 4) is 0 Å². The van der Waals surface area contributed by atoms with Gasteiger partial charge in [0.15, 0.2) is 0 Å². The first-order chi connectivity index (χ1) is 9.70. The number of rotatable bonds is 5. The van der Waals surface area contributed by atoms with Crippen LogP contribution in [0.1, 0.15) is 31.7 Å². The normalized spacial score (nSPS) is 19.6. The van der Waals surface area contributed by atoms with Crippen molar-refractivity contribution in [2.75, 3.05) is 13.1 Å². The number of benzene rings is 1. The number of hydrogen-bond acceptors (Lipinski definition) is 2. The first kappa shape index (κ1) is 14.6. The van der Waals surface area contributed by atoms with Crippen LogP contribution < -0.4 is 5.32 Å². The quantitative estimate of drug-likeness (QED) is 0.889. The third kappa shape index (κ3) is 3.83. The van der Waals surface area contributed by atoms with Gasteiger partial charge in [-0.3, -0.25) is 9.59 Å². The van der Waals surface area contributed by atoms with E-state index in [1.807, 2.05) is 30.0 Å². The summed E-state index contributed by atoms with van der Waals surface area (Å²) in [4.78, 5) is 25.9. The summed E-state index contributed by atoms with van der Waals surface area (Å²) in [5, 5.41) is 2.83. The van der Waals surface area contributed by atoms with Crippen LogP contribution in [0.5, 0.6) is 0 Å². The van der Waals surface area contributed by atoms with E-state index >= 15 is 0 Å². The minimum atomic E-state index is -0.342. The lowest BCUT2D eigenvalue weighted by atomic mass is 10.1. The lowest BCUT2D eigenvalue weighted by Crippen LogP contribution is -2.45. The zero-order valence-electron chi connectivity index (χ0n) is 12.0. The van der Waals surface area contributed by atoms with Crippen molar-refractivity contribution in [3.05, 3.63) is 35.9 Å². The Bertz CT molecular complexity index is 459. The first-order valence-electron chi connectivity index (χ1n) is 7.32. The smallest absolute Gasteiger partial charge is 0.245 e. The summed E-state index contributed by atoms with van der Waals surface area (Å²) >= 11 is 0. The van der Waals surface area contributed by atoms with Gasteiger partial charge in [0.25, 0.3) is 0 Å². The minimum absolute atomic E-state index is 0.0148. The molecule has 20 heavy (non-hydrogen) atoms. The van der Waals surface area contributed by atoms with E-state index in [4.69, 9.17) is 0 Å². The average molecular weight is 274 g/mol. The van der Waals surface area contributed by atoms with Gasteiger partial charge in [-0.15, -0.1) is 0 Å². The van der Waals surface area contributed by atoms with Crippen LogP contribution in [-0.2, 0) is 16.0 Å². The summed E-state index contributed by atoms with van der Waals surface area (Å²) in [5.41, 5.74) is 1.22. The minimum Gasteiger partial charge on any atom is -0.344 e. The van der Waals surface area contributed by atoms with Gasteiger partial charge in [-0.25, -0.2) is 0 Å².